The third-order valence-electron chi connectivity index (χ3n) is 4.15. The molecule has 1 fully saturated rings. The summed E-state index contributed by atoms with van der Waals surface area (Å²) < 4.78 is 5.50. The van der Waals surface area contributed by atoms with Crippen LogP contribution in [0.5, 0.6) is 0 Å². The number of aliphatic hydroxyl groups is 1. The molecule has 1 aliphatic carbocycles. The van der Waals surface area contributed by atoms with Gasteiger partial charge in [0.15, 0.2) is 0 Å². The molecule has 1 saturated carbocycles. The van der Waals surface area contributed by atoms with Gasteiger partial charge in [0.25, 0.3) is 5.91 Å². The number of carbonyl (C=O) groups excluding carboxylic acids is 1. The second-order valence-electron chi connectivity index (χ2n) is 5.36. The summed E-state index contributed by atoms with van der Waals surface area (Å²) >= 11 is 0. The lowest BCUT2D eigenvalue weighted by Gasteiger charge is -2.40. The zero-order valence-electron chi connectivity index (χ0n) is 12.5. The molecule has 1 aromatic rings. The Morgan fingerprint density at radius 3 is 2.81 bits per heavy atom. The molecule has 0 atom stereocenters. The number of hydrogen-bond donors (Lipinski definition) is 2. The number of nitrogens with one attached hydrogen (secondary N) is 1. The quantitative estimate of drug-likeness (QED) is 0.828. The third kappa shape index (κ3) is 3.44. The SMILES string of the molecule is COC1(CNC(=O)c2cccc(C#CCO)c2C)CCC1. The molecule has 0 bridgehead atoms. The molecule has 2 rings (SSSR count). The van der Waals surface area contributed by atoms with Crippen LogP contribution in [0.25, 0.3) is 0 Å². The van der Waals surface area contributed by atoms with E-state index in [9.17, 15) is 4.79 Å². The fraction of sp³-hybridized carbons (Fsp3) is 0.471. The van der Waals surface area contributed by atoms with E-state index in [-0.39, 0.29) is 18.1 Å². The zero-order valence-corrected chi connectivity index (χ0v) is 12.5. The lowest BCUT2D eigenvalue weighted by molar-refractivity contribution is -0.0679. The maximum absolute atomic E-state index is 12.3. The van der Waals surface area contributed by atoms with Crippen molar-refractivity contribution in [1.82, 2.24) is 5.32 Å². The number of rotatable bonds is 4. The molecule has 2 N–H and O–H groups in total. The van der Waals surface area contributed by atoms with Crippen LogP contribution in [-0.2, 0) is 4.74 Å². The van der Waals surface area contributed by atoms with Crippen molar-refractivity contribution < 1.29 is 14.6 Å². The predicted molar refractivity (Wildman–Crippen MR) is 81.1 cm³/mol. The van der Waals surface area contributed by atoms with E-state index in [0.717, 1.165) is 30.4 Å². The first kappa shape index (κ1) is 15.6. The maximum Gasteiger partial charge on any atom is 0.251 e. The van der Waals surface area contributed by atoms with Gasteiger partial charge in [0.2, 0.25) is 0 Å². The minimum Gasteiger partial charge on any atom is -0.384 e. The number of aliphatic hydroxyl groups excluding tert-OH is 1. The summed E-state index contributed by atoms with van der Waals surface area (Å²) in [6.45, 7) is 2.21. The maximum atomic E-state index is 12.3. The van der Waals surface area contributed by atoms with E-state index in [2.05, 4.69) is 17.2 Å². The Balaban J connectivity index is 2.09. The fourth-order valence-electron chi connectivity index (χ4n) is 2.51. The monoisotopic (exact) mass is 287 g/mol. The van der Waals surface area contributed by atoms with Gasteiger partial charge in [-0.2, -0.15) is 0 Å². The normalized spacial score (nSPS) is 15.6. The van der Waals surface area contributed by atoms with E-state index in [1.165, 1.54) is 0 Å². The van der Waals surface area contributed by atoms with Crippen LogP contribution in [0, 0.1) is 18.8 Å². The van der Waals surface area contributed by atoms with E-state index in [1.54, 1.807) is 19.2 Å². The van der Waals surface area contributed by atoms with Crippen molar-refractivity contribution in [1.29, 1.82) is 0 Å². The second kappa shape index (κ2) is 6.75. The van der Waals surface area contributed by atoms with Crippen molar-refractivity contribution in [3.63, 3.8) is 0 Å². The van der Waals surface area contributed by atoms with Gasteiger partial charge in [0.05, 0.1) is 5.60 Å². The van der Waals surface area contributed by atoms with Crippen LogP contribution in [-0.4, -0.2) is 36.9 Å². The van der Waals surface area contributed by atoms with E-state index in [4.69, 9.17) is 9.84 Å². The summed E-state index contributed by atoms with van der Waals surface area (Å²) in [6, 6.07) is 5.44. The topological polar surface area (TPSA) is 58.6 Å². The second-order valence-corrected chi connectivity index (χ2v) is 5.36. The van der Waals surface area contributed by atoms with E-state index >= 15 is 0 Å². The number of methoxy groups -OCH3 is 1. The van der Waals surface area contributed by atoms with E-state index in [0.29, 0.717) is 12.1 Å². The molecule has 0 unspecified atom stereocenters. The van der Waals surface area contributed by atoms with Crippen LogP contribution in [0.3, 0.4) is 0 Å². The highest BCUT2D eigenvalue weighted by molar-refractivity contribution is 5.96. The first-order valence-corrected chi connectivity index (χ1v) is 7.14. The van der Waals surface area contributed by atoms with E-state index < -0.39 is 0 Å². The average molecular weight is 287 g/mol. The Morgan fingerprint density at radius 1 is 1.48 bits per heavy atom. The molecule has 1 aliphatic rings. The minimum absolute atomic E-state index is 0.108. The van der Waals surface area contributed by atoms with E-state index in [1.807, 2.05) is 13.0 Å². The summed E-state index contributed by atoms with van der Waals surface area (Å²) in [5.74, 6) is 5.36. The Labute approximate surface area is 125 Å². The predicted octanol–water partition coefficient (Wildman–Crippen LogP) is 1.64. The Bertz CT molecular complexity index is 574. The number of hydrogen-bond acceptors (Lipinski definition) is 3. The Kier molecular flexibility index (Phi) is 5.00. The van der Waals surface area contributed by atoms with Crippen LogP contribution in [0.15, 0.2) is 18.2 Å². The van der Waals surface area contributed by atoms with Gasteiger partial charge in [-0.15, -0.1) is 0 Å². The summed E-state index contributed by atoms with van der Waals surface area (Å²) in [6.07, 6.45) is 3.13. The van der Waals surface area contributed by atoms with Gasteiger partial charge in [-0.3, -0.25) is 4.79 Å². The third-order valence-corrected chi connectivity index (χ3v) is 4.15. The van der Waals surface area contributed by atoms with Gasteiger partial charge < -0.3 is 15.2 Å². The lowest BCUT2D eigenvalue weighted by Crippen LogP contribution is -2.49. The molecule has 21 heavy (non-hydrogen) atoms. The first-order chi connectivity index (χ1) is 10.1. The van der Waals surface area contributed by atoms with Crippen LogP contribution < -0.4 is 5.32 Å². The highest BCUT2D eigenvalue weighted by Crippen LogP contribution is 2.34. The van der Waals surface area contributed by atoms with Gasteiger partial charge in [0, 0.05) is 24.8 Å². The van der Waals surface area contributed by atoms with Gasteiger partial charge in [-0.05, 0) is 43.9 Å². The molecule has 4 nitrogen and oxygen atoms in total. The molecular weight excluding hydrogens is 266 g/mol. The molecule has 1 aromatic carbocycles. The van der Waals surface area contributed by atoms with Crippen molar-refractivity contribution in [2.45, 2.75) is 31.8 Å². The highest BCUT2D eigenvalue weighted by Gasteiger charge is 2.37. The molecule has 4 heteroatoms. The molecule has 1 amide bonds. The highest BCUT2D eigenvalue weighted by atomic mass is 16.5. The Morgan fingerprint density at radius 2 is 2.24 bits per heavy atom. The Hall–Kier alpha value is -1.83. The van der Waals surface area contributed by atoms with Crippen molar-refractivity contribution in [3.05, 3.63) is 34.9 Å². The fourth-order valence-corrected chi connectivity index (χ4v) is 2.51. The number of ether oxygens (including phenoxy) is 1. The van der Waals surface area contributed by atoms with Crippen LogP contribution >= 0.6 is 0 Å². The van der Waals surface area contributed by atoms with Crippen molar-refractivity contribution in [2.24, 2.45) is 0 Å². The average Bonchev–Trinajstić information content (AvgIpc) is 2.45. The molecule has 0 radical (unpaired) electrons. The first-order valence-electron chi connectivity index (χ1n) is 7.14. The molecule has 0 spiro atoms. The standard InChI is InChI=1S/C17H21NO3/c1-13-14(7-4-11-19)6-3-8-15(13)16(20)18-12-17(21-2)9-5-10-17/h3,6,8,19H,5,9-12H2,1-2H3,(H,18,20). The van der Waals surface area contributed by atoms with Gasteiger partial charge in [0.1, 0.15) is 6.61 Å². The van der Waals surface area contributed by atoms with Crippen molar-refractivity contribution >= 4 is 5.91 Å². The lowest BCUT2D eigenvalue weighted by atomic mass is 9.80. The molecule has 0 saturated heterocycles. The van der Waals surface area contributed by atoms with Gasteiger partial charge in [-0.1, -0.05) is 17.9 Å². The van der Waals surface area contributed by atoms with Crippen LogP contribution in [0.1, 0.15) is 40.7 Å². The van der Waals surface area contributed by atoms with Gasteiger partial charge >= 0.3 is 0 Å². The molecular formula is C17H21NO3. The van der Waals surface area contributed by atoms with Crippen LogP contribution in [0.4, 0.5) is 0 Å². The summed E-state index contributed by atoms with van der Waals surface area (Å²) in [4.78, 5) is 12.3. The molecule has 0 aromatic heterocycles. The number of carbonyl (C=O) groups is 1. The van der Waals surface area contributed by atoms with Gasteiger partial charge in [-0.25, -0.2) is 0 Å². The molecule has 0 aliphatic heterocycles. The molecule has 112 valence electrons. The van der Waals surface area contributed by atoms with Crippen molar-refractivity contribution in [3.8, 4) is 11.8 Å². The minimum atomic E-state index is -0.188. The van der Waals surface area contributed by atoms with Crippen molar-refractivity contribution in [2.75, 3.05) is 20.3 Å². The molecule has 0 heterocycles. The summed E-state index contributed by atoms with van der Waals surface area (Å²) in [5.41, 5.74) is 2.03. The smallest absolute Gasteiger partial charge is 0.251 e. The summed E-state index contributed by atoms with van der Waals surface area (Å²) in [7, 11) is 1.70. The number of amides is 1. The largest absolute Gasteiger partial charge is 0.384 e. The zero-order chi connectivity index (χ0) is 15.3. The summed E-state index contributed by atoms with van der Waals surface area (Å²) in [5, 5.41) is 11.7. The number of benzene rings is 1. The van der Waals surface area contributed by atoms with Crippen LogP contribution in [0.2, 0.25) is 0 Å².